The second-order valence-corrected chi connectivity index (χ2v) is 11.7. The molecule has 0 unspecified atom stereocenters. The quantitative estimate of drug-likeness (QED) is 0.255. The van der Waals surface area contributed by atoms with Gasteiger partial charge < -0.3 is 19.5 Å². The van der Waals surface area contributed by atoms with E-state index in [1.54, 1.807) is 29.2 Å². The molecule has 42 heavy (non-hydrogen) atoms. The van der Waals surface area contributed by atoms with Gasteiger partial charge >= 0.3 is 0 Å². The SMILES string of the molecule is CC(C)(C)O[C@@H]1C[C@H](c2nc(CCCc3ccccc3)no2)N(C(=O)c2ccc(C(=O)NCc3ccccc3)cc2)C1. The van der Waals surface area contributed by atoms with Crippen LogP contribution in [0.2, 0.25) is 0 Å². The highest BCUT2D eigenvalue weighted by Gasteiger charge is 2.41. The van der Waals surface area contributed by atoms with E-state index in [-0.39, 0.29) is 23.5 Å². The molecule has 0 spiro atoms. The Morgan fingerprint density at radius 2 is 1.55 bits per heavy atom. The van der Waals surface area contributed by atoms with Gasteiger partial charge in [0.05, 0.1) is 11.7 Å². The summed E-state index contributed by atoms with van der Waals surface area (Å²) in [4.78, 5) is 32.9. The lowest BCUT2D eigenvalue weighted by atomic mass is 10.1. The van der Waals surface area contributed by atoms with E-state index in [0.717, 1.165) is 18.4 Å². The average Bonchev–Trinajstić information content (AvgIpc) is 3.63. The van der Waals surface area contributed by atoms with E-state index in [0.29, 0.717) is 48.8 Å². The molecular weight excluding hydrogens is 528 g/mol. The summed E-state index contributed by atoms with van der Waals surface area (Å²) in [6, 6.07) is 26.4. The molecule has 1 aromatic heterocycles. The molecule has 4 aromatic rings. The molecule has 3 aromatic carbocycles. The number of aryl methyl sites for hydroxylation is 2. The van der Waals surface area contributed by atoms with Crippen molar-refractivity contribution in [3.05, 3.63) is 119 Å². The maximum absolute atomic E-state index is 13.7. The van der Waals surface area contributed by atoms with Crippen LogP contribution in [0.15, 0.2) is 89.5 Å². The number of nitrogens with one attached hydrogen (secondary N) is 1. The minimum Gasteiger partial charge on any atom is -0.371 e. The molecule has 1 aliphatic heterocycles. The van der Waals surface area contributed by atoms with Gasteiger partial charge in [-0.2, -0.15) is 4.98 Å². The molecular formula is C34H38N4O4. The number of nitrogens with zero attached hydrogens (tertiary/aromatic N) is 3. The fourth-order valence-corrected chi connectivity index (χ4v) is 5.25. The third-order valence-corrected chi connectivity index (χ3v) is 7.21. The van der Waals surface area contributed by atoms with E-state index in [4.69, 9.17) is 9.26 Å². The standard InChI is InChI=1S/C34H38N4O4/c1-34(2,3)41-28-21-29(32-36-30(37-42-32)16-10-15-24-11-6-4-7-12-24)38(23-28)33(40)27-19-17-26(18-20-27)31(39)35-22-25-13-8-5-9-14-25/h4-9,11-14,17-20,28-29H,10,15-16,21-23H2,1-3H3,(H,35,39)/t28-,29-/m1/s1. The van der Waals surface area contributed by atoms with Gasteiger partial charge in [-0.3, -0.25) is 9.59 Å². The lowest BCUT2D eigenvalue weighted by molar-refractivity contribution is -0.0535. The molecule has 1 fully saturated rings. The predicted molar refractivity (Wildman–Crippen MR) is 160 cm³/mol. The number of benzene rings is 3. The zero-order valence-electron chi connectivity index (χ0n) is 24.5. The van der Waals surface area contributed by atoms with Crippen molar-refractivity contribution in [3.8, 4) is 0 Å². The molecule has 2 atom stereocenters. The first-order chi connectivity index (χ1) is 20.2. The van der Waals surface area contributed by atoms with Gasteiger partial charge in [0.1, 0.15) is 6.04 Å². The van der Waals surface area contributed by atoms with Crippen LogP contribution in [0.4, 0.5) is 0 Å². The van der Waals surface area contributed by atoms with Gasteiger partial charge in [0.2, 0.25) is 5.89 Å². The summed E-state index contributed by atoms with van der Waals surface area (Å²) in [5, 5.41) is 7.14. The average molecular weight is 567 g/mol. The number of hydrogen-bond acceptors (Lipinski definition) is 6. The van der Waals surface area contributed by atoms with Crippen LogP contribution in [-0.4, -0.2) is 45.1 Å². The molecule has 2 heterocycles. The maximum Gasteiger partial charge on any atom is 0.254 e. The minimum absolute atomic E-state index is 0.167. The maximum atomic E-state index is 13.7. The molecule has 0 bridgehead atoms. The Balaban J connectivity index is 1.25. The lowest BCUT2D eigenvalue weighted by Crippen LogP contribution is -2.34. The molecule has 2 amide bonds. The van der Waals surface area contributed by atoms with Crippen LogP contribution in [0.1, 0.15) is 83.2 Å². The van der Waals surface area contributed by atoms with E-state index >= 15 is 0 Å². The molecule has 5 rings (SSSR count). The van der Waals surface area contributed by atoms with Gasteiger partial charge in [0.15, 0.2) is 5.82 Å². The predicted octanol–water partition coefficient (Wildman–Crippen LogP) is 5.95. The topological polar surface area (TPSA) is 97.6 Å². The molecule has 0 saturated carbocycles. The summed E-state index contributed by atoms with van der Waals surface area (Å²) in [5.74, 6) is 0.704. The minimum atomic E-state index is -0.394. The third-order valence-electron chi connectivity index (χ3n) is 7.21. The second-order valence-electron chi connectivity index (χ2n) is 11.7. The van der Waals surface area contributed by atoms with Gasteiger partial charge in [-0.15, -0.1) is 0 Å². The first-order valence-electron chi connectivity index (χ1n) is 14.5. The summed E-state index contributed by atoms with van der Waals surface area (Å²) < 4.78 is 12.0. The molecule has 1 aliphatic rings. The van der Waals surface area contributed by atoms with Crippen molar-refractivity contribution in [1.29, 1.82) is 0 Å². The van der Waals surface area contributed by atoms with Gasteiger partial charge in [0, 0.05) is 37.1 Å². The summed E-state index contributed by atoms with van der Waals surface area (Å²) >= 11 is 0. The van der Waals surface area contributed by atoms with Crippen molar-refractivity contribution < 1.29 is 18.8 Å². The zero-order valence-corrected chi connectivity index (χ0v) is 24.5. The Morgan fingerprint density at radius 1 is 0.905 bits per heavy atom. The Kier molecular flexibility index (Phi) is 9.12. The molecule has 8 nitrogen and oxygen atoms in total. The monoisotopic (exact) mass is 566 g/mol. The highest BCUT2D eigenvalue weighted by atomic mass is 16.5. The van der Waals surface area contributed by atoms with Crippen LogP contribution in [0.5, 0.6) is 0 Å². The molecule has 0 radical (unpaired) electrons. The smallest absolute Gasteiger partial charge is 0.254 e. The Labute approximate surface area is 247 Å². The van der Waals surface area contributed by atoms with E-state index < -0.39 is 6.04 Å². The number of carbonyl (C=O) groups is 2. The Hall–Kier alpha value is -4.30. The number of amides is 2. The van der Waals surface area contributed by atoms with E-state index in [2.05, 4.69) is 27.6 Å². The van der Waals surface area contributed by atoms with Crippen LogP contribution in [0.25, 0.3) is 0 Å². The van der Waals surface area contributed by atoms with Crippen LogP contribution in [-0.2, 0) is 24.1 Å². The first kappa shape index (κ1) is 29.2. The molecule has 0 aliphatic carbocycles. The van der Waals surface area contributed by atoms with E-state index in [1.165, 1.54) is 5.56 Å². The molecule has 1 N–H and O–H groups in total. The van der Waals surface area contributed by atoms with Gasteiger partial charge in [-0.25, -0.2) is 0 Å². The number of likely N-dealkylation sites (tertiary alicyclic amines) is 1. The highest BCUT2D eigenvalue weighted by Crippen LogP contribution is 2.35. The van der Waals surface area contributed by atoms with Crippen molar-refractivity contribution in [2.75, 3.05) is 6.54 Å². The van der Waals surface area contributed by atoms with Crippen molar-refractivity contribution in [3.63, 3.8) is 0 Å². The first-order valence-corrected chi connectivity index (χ1v) is 14.5. The number of ether oxygens (including phenoxy) is 1. The van der Waals surface area contributed by atoms with E-state index in [1.807, 2.05) is 69.3 Å². The third kappa shape index (κ3) is 7.70. The molecule has 1 saturated heterocycles. The van der Waals surface area contributed by atoms with Gasteiger partial charge in [0.25, 0.3) is 11.8 Å². The molecule has 218 valence electrons. The number of aromatic nitrogens is 2. The van der Waals surface area contributed by atoms with Gasteiger partial charge in [-0.1, -0.05) is 65.8 Å². The highest BCUT2D eigenvalue weighted by molar-refractivity contribution is 5.98. The zero-order chi connectivity index (χ0) is 29.5. The van der Waals surface area contributed by atoms with E-state index in [9.17, 15) is 9.59 Å². The largest absolute Gasteiger partial charge is 0.371 e. The second kappa shape index (κ2) is 13.1. The Morgan fingerprint density at radius 3 is 2.21 bits per heavy atom. The van der Waals surface area contributed by atoms with Crippen molar-refractivity contribution >= 4 is 11.8 Å². The fourth-order valence-electron chi connectivity index (χ4n) is 5.25. The van der Waals surface area contributed by atoms with Crippen LogP contribution in [0.3, 0.4) is 0 Å². The lowest BCUT2D eigenvalue weighted by Gasteiger charge is -2.25. The summed E-state index contributed by atoms with van der Waals surface area (Å²) in [6.45, 7) is 6.86. The number of carbonyl (C=O) groups excluding carboxylic acids is 2. The van der Waals surface area contributed by atoms with Crippen molar-refractivity contribution in [2.24, 2.45) is 0 Å². The number of rotatable bonds is 10. The number of hydrogen-bond donors (Lipinski definition) is 1. The fraction of sp³-hybridized carbons (Fsp3) is 0.353. The summed E-state index contributed by atoms with van der Waals surface area (Å²) in [7, 11) is 0. The van der Waals surface area contributed by atoms with Crippen LogP contribution in [0, 0.1) is 0 Å². The van der Waals surface area contributed by atoms with Crippen LogP contribution < -0.4 is 5.32 Å². The molecule has 8 heteroatoms. The summed E-state index contributed by atoms with van der Waals surface area (Å²) in [6.07, 6.45) is 2.91. The van der Waals surface area contributed by atoms with Crippen LogP contribution >= 0.6 is 0 Å². The Bertz CT molecular complexity index is 1460. The normalized spacial score (nSPS) is 16.9. The van der Waals surface area contributed by atoms with Crippen molar-refractivity contribution in [1.82, 2.24) is 20.4 Å². The summed E-state index contributed by atoms with van der Waals surface area (Å²) in [5.41, 5.74) is 2.91. The van der Waals surface area contributed by atoms with Gasteiger partial charge in [-0.05, 0) is 69.0 Å². The van der Waals surface area contributed by atoms with Crippen molar-refractivity contribution in [2.45, 2.75) is 70.7 Å².